The van der Waals surface area contributed by atoms with E-state index in [9.17, 15) is 24.6 Å². The van der Waals surface area contributed by atoms with E-state index in [1.54, 1.807) is 0 Å². The molecule has 7 nitrogen and oxygen atoms in total. The third kappa shape index (κ3) is 2.76. The molecular formula is C14H18N2O5S. The summed E-state index contributed by atoms with van der Waals surface area (Å²) in [6.45, 7) is 6.76. The summed E-state index contributed by atoms with van der Waals surface area (Å²) in [4.78, 5) is 36.6. The second-order valence-electron chi connectivity index (χ2n) is 5.97. The van der Waals surface area contributed by atoms with Crippen molar-refractivity contribution in [1.82, 2.24) is 4.90 Å². The highest BCUT2D eigenvalue weighted by atomic mass is 32.2. The van der Waals surface area contributed by atoms with Gasteiger partial charge in [0, 0.05) is 11.3 Å². The van der Waals surface area contributed by atoms with E-state index in [0.717, 1.165) is 11.8 Å². The summed E-state index contributed by atoms with van der Waals surface area (Å²) in [5.41, 5.74) is 3.78. The van der Waals surface area contributed by atoms with Crippen LogP contribution in [-0.4, -0.2) is 44.5 Å². The molecule has 2 aliphatic heterocycles. The van der Waals surface area contributed by atoms with Crippen LogP contribution in [-0.2, 0) is 14.4 Å². The van der Waals surface area contributed by atoms with Gasteiger partial charge in [0.1, 0.15) is 5.70 Å². The van der Waals surface area contributed by atoms with E-state index in [0.29, 0.717) is 16.2 Å². The lowest BCUT2D eigenvalue weighted by atomic mass is 9.76. The molecule has 0 spiro atoms. The first-order valence-corrected chi connectivity index (χ1v) is 7.51. The number of nitrogens with zero attached hydrogens (tertiary/aromatic N) is 1. The summed E-state index contributed by atoms with van der Waals surface area (Å²) in [6.07, 6.45) is 0.263. The molecule has 0 bridgehead atoms. The molecule has 120 valence electrons. The van der Waals surface area contributed by atoms with Gasteiger partial charge in [0.2, 0.25) is 11.8 Å². The molecule has 2 rings (SSSR count). The zero-order valence-corrected chi connectivity index (χ0v) is 13.1. The minimum absolute atomic E-state index is 0.0609. The maximum atomic E-state index is 12.2. The number of carboxylic acid groups (broad SMARTS) is 1. The summed E-state index contributed by atoms with van der Waals surface area (Å²) in [5, 5.41) is 19.4. The number of aliphatic hydroxyl groups is 1. The molecule has 0 unspecified atom stereocenters. The van der Waals surface area contributed by atoms with Crippen molar-refractivity contribution >= 4 is 29.5 Å². The molecule has 1 saturated heterocycles. The van der Waals surface area contributed by atoms with Crippen LogP contribution in [0.15, 0.2) is 22.1 Å². The summed E-state index contributed by atoms with van der Waals surface area (Å²) < 4.78 is 0. The molecule has 4 N–H and O–H groups in total. The molecule has 0 saturated carbocycles. The average molecular weight is 326 g/mol. The van der Waals surface area contributed by atoms with Crippen molar-refractivity contribution in [3.8, 4) is 0 Å². The average Bonchev–Trinajstić information content (AvgIpc) is 2.60. The van der Waals surface area contributed by atoms with Gasteiger partial charge in [-0.15, -0.1) is 0 Å². The molecule has 1 fully saturated rings. The van der Waals surface area contributed by atoms with Gasteiger partial charge < -0.3 is 20.8 Å². The molecule has 0 radical (unpaired) electrons. The largest absolute Gasteiger partial charge is 0.477 e. The molecule has 2 atom stereocenters. The predicted octanol–water partition coefficient (Wildman–Crippen LogP) is 0.406. The monoisotopic (exact) mass is 326 g/mol. The number of β-lactam (4-membered cyclic amide) rings is 1. The van der Waals surface area contributed by atoms with E-state index in [1.165, 1.54) is 18.7 Å². The number of carboxylic acids is 1. The third-order valence-electron chi connectivity index (χ3n) is 3.72. The van der Waals surface area contributed by atoms with Gasteiger partial charge in [-0.05, 0) is 18.8 Å². The van der Waals surface area contributed by atoms with Crippen LogP contribution in [0.4, 0.5) is 0 Å². The molecular weight excluding hydrogens is 308 g/mol. The van der Waals surface area contributed by atoms with Crippen LogP contribution in [0, 0.1) is 5.92 Å². The number of nitrogens with two attached hydrogens (primary N) is 1. The van der Waals surface area contributed by atoms with Crippen LogP contribution in [0.3, 0.4) is 0 Å². The first-order valence-electron chi connectivity index (χ1n) is 6.70. The quantitative estimate of drug-likeness (QED) is 0.608. The normalized spacial score (nSPS) is 24.1. The van der Waals surface area contributed by atoms with Crippen molar-refractivity contribution in [1.29, 1.82) is 0 Å². The molecule has 2 aliphatic rings. The van der Waals surface area contributed by atoms with E-state index in [1.807, 2.05) is 0 Å². The van der Waals surface area contributed by atoms with Crippen molar-refractivity contribution in [2.45, 2.75) is 38.3 Å². The van der Waals surface area contributed by atoms with Crippen LogP contribution in [0.25, 0.3) is 0 Å². The third-order valence-corrected chi connectivity index (χ3v) is 4.76. The van der Waals surface area contributed by atoms with E-state index in [2.05, 4.69) is 6.58 Å². The topological polar surface area (TPSA) is 121 Å². The first-order chi connectivity index (χ1) is 10.0. The van der Waals surface area contributed by atoms with Crippen LogP contribution in [0.2, 0.25) is 0 Å². The van der Waals surface area contributed by atoms with Gasteiger partial charge in [-0.25, -0.2) is 4.79 Å². The zero-order chi connectivity index (χ0) is 16.8. The number of aliphatic carboxylic acids is 1. The molecule has 8 heteroatoms. The Hall–Kier alpha value is -1.80. The molecule has 22 heavy (non-hydrogen) atoms. The Bertz CT molecular complexity index is 605. The number of carbonyl (C=O) groups is 3. The Morgan fingerprint density at radius 1 is 1.50 bits per heavy atom. The van der Waals surface area contributed by atoms with Crippen LogP contribution in [0.5, 0.6) is 0 Å². The molecule has 0 aromatic heterocycles. The number of primary amides is 1. The van der Waals surface area contributed by atoms with Gasteiger partial charge in [-0.1, -0.05) is 18.3 Å². The van der Waals surface area contributed by atoms with E-state index < -0.39 is 29.3 Å². The van der Waals surface area contributed by atoms with Crippen molar-refractivity contribution in [3.63, 3.8) is 0 Å². The van der Waals surface area contributed by atoms with E-state index in [-0.39, 0.29) is 18.2 Å². The maximum absolute atomic E-state index is 12.2. The Labute approximate surface area is 131 Å². The van der Waals surface area contributed by atoms with Gasteiger partial charge in [0.15, 0.2) is 0 Å². The Kier molecular flexibility index (Phi) is 4.09. The second kappa shape index (κ2) is 5.44. The molecule has 2 heterocycles. The summed E-state index contributed by atoms with van der Waals surface area (Å²) in [7, 11) is 0. The van der Waals surface area contributed by atoms with Gasteiger partial charge >= 0.3 is 5.97 Å². The van der Waals surface area contributed by atoms with Gasteiger partial charge in [0.05, 0.1) is 24.0 Å². The number of hydrogen-bond donors (Lipinski definition) is 3. The Morgan fingerprint density at radius 2 is 2.09 bits per heavy atom. The maximum Gasteiger partial charge on any atom is 0.353 e. The van der Waals surface area contributed by atoms with E-state index in [4.69, 9.17) is 5.73 Å². The molecule has 0 aliphatic carbocycles. The summed E-state index contributed by atoms with van der Waals surface area (Å²) >= 11 is 1.06. The number of fused-ring (bicyclic) bond motifs is 1. The minimum atomic E-state index is -1.22. The predicted molar refractivity (Wildman–Crippen MR) is 80.2 cm³/mol. The highest BCUT2D eigenvalue weighted by molar-refractivity contribution is 8.06. The van der Waals surface area contributed by atoms with Crippen molar-refractivity contribution in [2.24, 2.45) is 11.7 Å². The Morgan fingerprint density at radius 3 is 2.55 bits per heavy atom. The van der Waals surface area contributed by atoms with Gasteiger partial charge in [0.25, 0.3) is 0 Å². The smallest absolute Gasteiger partial charge is 0.353 e. The summed E-state index contributed by atoms with van der Waals surface area (Å²) in [6, 6.07) is -0.373. The van der Waals surface area contributed by atoms with Crippen LogP contribution < -0.4 is 5.73 Å². The standard InChI is InChI=1S/C14H18N2O5S/c1-6(4-9(15)17)22-8-5-7-10(14(2,3)21)12(18)16(7)11(8)13(19)20/h7,10,21H,1,4-5H2,2-3H3,(H2,15,17)(H,19,20)/t7-,10+/m1/s1. The van der Waals surface area contributed by atoms with E-state index >= 15 is 0 Å². The van der Waals surface area contributed by atoms with Crippen molar-refractivity contribution < 1.29 is 24.6 Å². The first kappa shape index (κ1) is 16.6. The highest BCUT2D eigenvalue weighted by Gasteiger charge is 2.59. The molecule has 0 aromatic carbocycles. The lowest BCUT2D eigenvalue weighted by Gasteiger charge is -2.48. The zero-order valence-electron chi connectivity index (χ0n) is 12.3. The van der Waals surface area contributed by atoms with Crippen LogP contribution in [0.1, 0.15) is 26.7 Å². The number of rotatable bonds is 6. The van der Waals surface area contributed by atoms with Gasteiger partial charge in [-0.2, -0.15) is 0 Å². The Balaban J connectivity index is 2.24. The second-order valence-corrected chi connectivity index (χ2v) is 7.25. The van der Waals surface area contributed by atoms with Gasteiger partial charge in [-0.3, -0.25) is 9.59 Å². The summed E-state index contributed by atoms with van der Waals surface area (Å²) in [5.74, 6) is -2.79. The molecule has 0 aromatic rings. The molecule has 2 amide bonds. The number of carbonyl (C=O) groups excluding carboxylic acids is 2. The number of thioether (sulfide) groups is 1. The lowest BCUT2D eigenvalue weighted by Crippen LogP contribution is -2.65. The number of hydrogen-bond acceptors (Lipinski definition) is 5. The fourth-order valence-electron chi connectivity index (χ4n) is 2.94. The van der Waals surface area contributed by atoms with Crippen molar-refractivity contribution in [3.05, 3.63) is 22.1 Å². The van der Waals surface area contributed by atoms with Crippen molar-refractivity contribution in [2.75, 3.05) is 0 Å². The SMILES string of the molecule is C=C(CC(N)=O)SC1=C(C(=O)O)N2C(=O)[C@@H](C(C)(C)O)[C@H]2C1. The fraction of sp³-hybridized carbons (Fsp3) is 0.500. The lowest BCUT2D eigenvalue weighted by molar-refractivity contribution is -0.169. The number of amides is 2. The minimum Gasteiger partial charge on any atom is -0.477 e. The van der Waals surface area contributed by atoms with Crippen LogP contribution >= 0.6 is 11.8 Å². The highest BCUT2D eigenvalue weighted by Crippen LogP contribution is 2.50. The fourth-order valence-corrected chi connectivity index (χ4v) is 4.04.